The van der Waals surface area contributed by atoms with Crippen LogP contribution in [0.15, 0.2) is 60.7 Å². The molecular weight excluding hydrogens is 270 g/mol. The molecule has 3 rings (SSSR count). The van der Waals surface area contributed by atoms with Gasteiger partial charge >= 0.3 is 0 Å². The number of nitrogens with zero attached hydrogens (tertiary/aromatic N) is 1. The van der Waals surface area contributed by atoms with Gasteiger partial charge in [-0.05, 0) is 44.0 Å². The van der Waals surface area contributed by atoms with E-state index >= 15 is 0 Å². The van der Waals surface area contributed by atoms with Gasteiger partial charge in [0, 0.05) is 6.61 Å². The molecule has 0 aromatic heterocycles. The van der Waals surface area contributed by atoms with Crippen LogP contribution in [0.2, 0.25) is 0 Å². The third kappa shape index (κ3) is 4.69. The van der Waals surface area contributed by atoms with Crippen LogP contribution in [-0.4, -0.2) is 29.7 Å². The summed E-state index contributed by atoms with van der Waals surface area (Å²) in [6.45, 7) is 4.36. The van der Waals surface area contributed by atoms with Gasteiger partial charge in [0.15, 0.2) is 0 Å². The van der Waals surface area contributed by atoms with Gasteiger partial charge in [-0.3, -0.25) is 4.90 Å². The third-order valence-electron chi connectivity index (χ3n) is 3.99. The van der Waals surface area contributed by atoms with Crippen LogP contribution < -0.4 is 0 Å². The Kier molecular flexibility index (Phi) is 7.14. The lowest BCUT2D eigenvalue weighted by molar-refractivity contribution is 0.187. The van der Waals surface area contributed by atoms with E-state index in [2.05, 4.69) is 65.6 Å². The number of rotatable bonds is 3. The molecule has 1 aliphatic heterocycles. The maximum absolute atomic E-state index is 7.57. The van der Waals surface area contributed by atoms with Crippen molar-refractivity contribution in [1.82, 2.24) is 4.90 Å². The highest BCUT2D eigenvalue weighted by Crippen LogP contribution is 2.30. The van der Waals surface area contributed by atoms with Crippen LogP contribution in [-0.2, 0) is 0 Å². The number of aliphatic hydroxyl groups is 1. The number of benzene rings is 2. The molecule has 2 aromatic carbocycles. The SMILES string of the molecule is CCO.c1ccc(C(c2ccccc2)N2CCCCC2)cc1. The molecule has 1 saturated heterocycles. The zero-order chi connectivity index (χ0) is 15.6. The third-order valence-corrected chi connectivity index (χ3v) is 3.99. The van der Waals surface area contributed by atoms with E-state index in [0.717, 1.165) is 0 Å². The number of hydrogen-bond donors (Lipinski definition) is 1. The van der Waals surface area contributed by atoms with E-state index in [1.54, 1.807) is 6.92 Å². The molecule has 0 atom stereocenters. The van der Waals surface area contributed by atoms with Gasteiger partial charge < -0.3 is 5.11 Å². The van der Waals surface area contributed by atoms with E-state index in [9.17, 15) is 0 Å². The molecule has 0 bridgehead atoms. The van der Waals surface area contributed by atoms with Crippen molar-refractivity contribution in [1.29, 1.82) is 0 Å². The number of likely N-dealkylation sites (tertiary alicyclic amines) is 1. The second-order valence-corrected chi connectivity index (χ2v) is 5.64. The largest absolute Gasteiger partial charge is 0.397 e. The number of aliphatic hydroxyl groups excluding tert-OH is 1. The summed E-state index contributed by atoms with van der Waals surface area (Å²) in [7, 11) is 0. The quantitative estimate of drug-likeness (QED) is 0.915. The second-order valence-electron chi connectivity index (χ2n) is 5.64. The van der Waals surface area contributed by atoms with Gasteiger partial charge in [-0.1, -0.05) is 67.1 Å². The predicted molar refractivity (Wildman–Crippen MR) is 92.9 cm³/mol. The number of hydrogen-bond acceptors (Lipinski definition) is 2. The predicted octanol–water partition coefficient (Wildman–Crippen LogP) is 4.26. The highest BCUT2D eigenvalue weighted by molar-refractivity contribution is 5.31. The second kappa shape index (κ2) is 9.39. The Morgan fingerprint density at radius 3 is 1.64 bits per heavy atom. The fourth-order valence-electron chi connectivity index (χ4n) is 3.06. The Balaban J connectivity index is 0.000000545. The Hall–Kier alpha value is -1.64. The highest BCUT2D eigenvalue weighted by atomic mass is 16.2. The lowest BCUT2D eigenvalue weighted by Gasteiger charge is -2.35. The van der Waals surface area contributed by atoms with Crippen molar-refractivity contribution in [3.05, 3.63) is 71.8 Å². The first-order valence-corrected chi connectivity index (χ1v) is 8.31. The molecule has 1 aliphatic rings. The van der Waals surface area contributed by atoms with Crippen molar-refractivity contribution in [3.8, 4) is 0 Å². The van der Waals surface area contributed by atoms with E-state index < -0.39 is 0 Å². The first-order chi connectivity index (χ1) is 10.9. The summed E-state index contributed by atoms with van der Waals surface area (Å²) in [5.41, 5.74) is 2.83. The highest BCUT2D eigenvalue weighted by Gasteiger charge is 2.23. The zero-order valence-electron chi connectivity index (χ0n) is 13.5. The van der Waals surface area contributed by atoms with Crippen molar-refractivity contribution in [2.45, 2.75) is 32.2 Å². The molecule has 0 radical (unpaired) electrons. The van der Waals surface area contributed by atoms with Crippen LogP contribution in [0.4, 0.5) is 0 Å². The molecule has 1 heterocycles. The topological polar surface area (TPSA) is 23.5 Å². The molecule has 0 unspecified atom stereocenters. The maximum atomic E-state index is 7.57. The first kappa shape index (κ1) is 16.7. The maximum Gasteiger partial charge on any atom is 0.0601 e. The van der Waals surface area contributed by atoms with Gasteiger partial charge in [0.25, 0.3) is 0 Å². The molecule has 0 amide bonds. The minimum absolute atomic E-state index is 0.250. The van der Waals surface area contributed by atoms with Crippen molar-refractivity contribution >= 4 is 0 Å². The van der Waals surface area contributed by atoms with Gasteiger partial charge in [-0.15, -0.1) is 0 Å². The van der Waals surface area contributed by atoms with Gasteiger partial charge in [-0.2, -0.15) is 0 Å². The lowest BCUT2D eigenvalue weighted by atomic mass is 9.95. The first-order valence-electron chi connectivity index (χ1n) is 8.31. The van der Waals surface area contributed by atoms with Gasteiger partial charge in [-0.25, -0.2) is 0 Å². The molecule has 0 aliphatic carbocycles. The average molecular weight is 297 g/mol. The van der Waals surface area contributed by atoms with Crippen molar-refractivity contribution in [2.75, 3.05) is 19.7 Å². The average Bonchev–Trinajstić information content (AvgIpc) is 2.59. The zero-order valence-corrected chi connectivity index (χ0v) is 13.5. The summed E-state index contributed by atoms with van der Waals surface area (Å²) in [6.07, 6.45) is 4.04. The van der Waals surface area contributed by atoms with Gasteiger partial charge in [0.2, 0.25) is 0 Å². The van der Waals surface area contributed by atoms with Crippen LogP contribution in [0.25, 0.3) is 0 Å². The molecule has 0 saturated carbocycles. The van der Waals surface area contributed by atoms with E-state index in [-0.39, 0.29) is 6.61 Å². The van der Waals surface area contributed by atoms with Crippen LogP contribution in [0, 0.1) is 0 Å². The minimum atomic E-state index is 0.250. The molecule has 2 aromatic rings. The van der Waals surface area contributed by atoms with E-state index in [0.29, 0.717) is 6.04 Å². The number of piperidine rings is 1. The van der Waals surface area contributed by atoms with Crippen LogP contribution in [0.3, 0.4) is 0 Å². The van der Waals surface area contributed by atoms with E-state index in [1.165, 1.54) is 43.5 Å². The summed E-state index contributed by atoms with van der Waals surface area (Å²) in [6, 6.07) is 22.2. The Bertz CT molecular complexity index is 466. The fraction of sp³-hybridized carbons (Fsp3) is 0.400. The monoisotopic (exact) mass is 297 g/mol. The van der Waals surface area contributed by atoms with Crippen molar-refractivity contribution < 1.29 is 5.11 Å². The minimum Gasteiger partial charge on any atom is -0.397 e. The Labute approximate surface area is 134 Å². The van der Waals surface area contributed by atoms with Crippen LogP contribution in [0.1, 0.15) is 43.4 Å². The van der Waals surface area contributed by atoms with E-state index in [4.69, 9.17) is 5.11 Å². The Morgan fingerprint density at radius 2 is 1.23 bits per heavy atom. The normalized spacial score (nSPS) is 15.2. The van der Waals surface area contributed by atoms with Gasteiger partial charge in [0.05, 0.1) is 6.04 Å². The standard InChI is InChI=1S/C18H21N.C2H6O/c1-4-10-16(11-5-1)18(17-12-6-2-7-13-17)19-14-8-3-9-15-19;1-2-3/h1-2,4-7,10-13,18H,3,8-9,14-15H2;3H,2H2,1H3. The van der Waals surface area contributed by atoms with E-state index in [1.807, 2.05) is 0 Å². The molecular formula is C20H27NO. The molecule has 2 heteroatoms. The summed E-state index contributed by atoms with van der Waals surface area (Å²) < 4.78 is 0. The van der Waals surface area contributed by atoms with Crippen molar-refractivity contribution in [2.24, 2.45) is 0 Å². The van der Waals surface area contributed by atoms with Crippen LogP contribution in [0.5, 0.6) is 0 Å². The molecule has 22 heavy (non-hydrogen) atoms. The molecule has 1 fully saturated rings. The fourth-order valence-corrected chi connectivity index (χ4v) is 3.06. The summed E-state index contributed by atoms with van der Waals surface area (Å²) in [5, 5.41) is 7.57. The van der Waals surface area contributed by atoms with Gasteiger partial charge in [0.1, 0.15) is 0 Å². The summed E-state index contributed by atoms with van der Waals surface area (Å²) in [5.74, 6) is 0. The summed E-state index contributed by atoms with van der Waals surface area (Å²) in [4.78, 5) is 2.63. The lowest BCUT2D eigenvalue weighted by Crippen LogP contribution is -2.34. The van der Waals surface area contributed by atoms with Crippen molar-refractivity contribution in [3.63, 3.8) is 0 Å². The van der Waals surface area contributed by atoms with Crippen LogP contribution >= 0.6 is 0 Å². The molecule has 1 N–H and O–H groups in total. The molecule has 0 spiro atoms. The smallest absolute Gasteiger partial charge is 0.0601 e. The molecule has 118 valence electrons. The molecule has 2 nitrogen and oxygen atoms in total. The summed E-state index contributed by atoms with van der Waals surface area (Å²) >= 11 is 0. The Morgan fingerprint density at radius 1 is 0.818 bits per heavy atom.